The number of anilines is 1. The number of aromatic nitrogens is 2. The number of nitrogens with one attached hydrogen (secondary N) is 1. The molecule has 1 N–H and O–H groups in total. The Morgan fingerprint density at radius 2 is 1.90 bits per heavy atom. The fraction of sp³-hybridized carbons (Fsp3) is 0.308. The molecule has 0 radical (unpaired) electrons. The van der Waals surface area contributed by atoms with Crippen LogP contribution in [0.5, 0.6) is 5.75 Å². The summed E-state index contributed by atoms with van der Waals surface area (Å²) in [5, 5.41) is 7.38. The van der Waals surface area contributed by atoms with Gasteiger partial charge in [0.2, 0.25) is 0 Å². The second-order valence-corrected chi connectivity index (χ2v) is 5.19. The summed E-state index contributed by atoms with van der Waals surface area (Å²) in [6, 6.07) is 5.58. The Labute approximate surface area is 128 Å². The fourth-order valence-electron chi connectivity index (χ4n) is 1.83. The zero-order valence-electron chi connectivity index (χ0n) is 11.3. The van der Waals surface area contributed by atoms with Crippen LogP contribution < -0.4 is 10.1 Å². The molecule has 2 aromatic rings. The molecule has 0 atom stereocenters. The van der Waals surface area contributed by atoms with Crippen molar-refractivity contribution in [2.75, 3.05) is 5.32 Å². The zero-order valence-corrected chi connectivity index (χ0v) is 12.9. The first kappa shape index (κ1) is 15.7. The number of halogens is 4. The maximum absolute atomic E-state index is 12.0. The van der Waals surface area contributed by atoms with Crippen molar-refractivity contribution in [2.45, 2.75) is 19.8 Å². The van der Waals surface area contributed by atoms with Gasteiger partial charge in [-0.1, -0.05) is 0 Å². The summed E-state index contributed by atoms with van der Waals surface area (Å²) in [6.45, 7) is 2.38. The van der Waals surface area contributed by atoms with Gasteiger partial charge < -0.3 is 10.1 Å². The molecule has 0 bridgehead atoms. The second-order valence-electron chi connectivity index (χ2n) is 4.40. The van der Waals surface area contributed by atoms with Crippen LogP contribution in [0.15, 0.2) is 28.7 Å². The predicted molar refractivity (Wildman–Crippen MR) is 76.1 cm³/mol. The first-order valence-corrected chi connectivity index (χ1v) is 6.83. The van der Waals surface area contributed by atoms with Crippen LogP contribution in [0.1, 0.15) is 11.4 Å². The second kappa shape index (κ2) is 5.97. The van der Waals surface area contributed by atoms with E-state index in [1.165, 1.54) is 24.3 Å². The van der Waals surface area contributed by atoms with E-state index in [0.717, 1.165) is 15.9 Å². The van der Waals surface area contributed by atoms with Crippen molar-refractivity contribution in [3.05, 3.63) is 40.1 Å². The lowest BCUT2D eigenvalue weighted by Crippen LogP contribution is -2.17. The van der Waals surface area contributed by atoms with E-state index >= 15 is 0 Å². The topological polar surface area (TPSA) is 39.1 Å². The maximum Gasteiger partial charge on any atom is 0.573 e. The van der Waals surface area contributed by atoms with Crippen LogP contribution in [0.2, 0.25) is 0 Å². The Kier molecular flexibility index (Phi) is 4.46. The lowest BCUT2D eigenvalue weighted by atomic mass is 10.3. The summed E-state index contributed by atoms with van der Waals surface area (Å²) in [7, 11) is 1.83. The summed E-state index contributed by atoms with van der Waals surface area (Å²) >= 11 is 3.45. The van der Waals surface area contributed by atoms with E-state index < -0.39 is 6.36 Å². The number of alkyl halides is 3. The Morgan fingerprint density at radius 3 is 2.38 bits per heavy atom. The number of nitrogens with zero attached hydrogens (tertiary/aromatic N) is 2. The van der Waals surface area contributed by atoms with Crippen LogP contribution in [-0.2, 0) is 13.6 Å². The van der Waals surface area contributed by atoms with Crippen molar-refractivity contribution >= 4 is 21.6 Å². The Morgan fingerprint density at radius 1 is 1.29 bits per heavy atom. The summed E-state index contributed by atoms with van der Waals surface area (Å²) in [5.41, 5.74) is 2.52. The van der Waals surface area contributed by atoms with E-state index in [4.69, 9.17) is 0 Å². The first-order valence-electron chi connectivity index (χ1n) is 6.04. The van der Waals surface area contributed by atoms with Gasteiger partial charge in [-0.3, -0.25) is 4.68 Å². The molecule has 21 heavy (non-hydrogen) atoms. The van der Waals surface area contributed by atoms with E-state index in [0.29, 0.717) is 12.2 Å². The van der Waals surface area contributed by atoms with Crippen LogP contribution in [0.25, 0.3) is 0 Å². The molecular formula is C13H13BrF3N3O. The van der Waals surface area contributed by atoms with Crippen LogP contribution in [0, 0.1) is 6.92 Å². The van der Waals surface area contributed by atoms with Gasteiger partial charge in [0.1, 0.15) is 5.75 Å². The number of hydrogen-bond donors (Lipinski definition) is 1. The lowest BCUT2D eigenvalue weighted by molar-refractivity contribution is -0.274. The molecule has 1 aromatic heterocycles. The van der Waals surface area contributed by atoms with Crippen LogP contribution in [0.4, 0.5) is 18.9 Å². The van der Waals surface area contributed by atoms with Gasteiger partial charge in [0, 0.05) is 12.7 Å². The van der Waals surface area contributed by atoms with Crippen LogP contribution >= 0.6 is 15.9 Å². The molecule has 0 unspecified atom stereocenters. The van der Waals surface area contributed by atoms with E-state index in [1.54, 1.807) is 4.68 Å². The molecule has 2 rings (SSSR count). The average Bonchev–Trinajstić information content (AvgIpc) is 2.61. The Hall–Kier alpha value is -1.70. The third-order valence-corrected chi connectivity index (χ3v) is 3.84. The molecule has 0 aliphatic heterocycles. The largest absolute Gasteiger partial charge is 0.573 e. The van der Waals surface area contributed by atoms with E-state index in [-0.39, 0.29) is 5.75 Å². The lowest BCUT2D eigenvalue weighted by Gasteiger charge is -2.10. The van der Waals surface area contributed by atoms with Crippen molar-refractivity contribution in [3.8, 4) is 5.75 Å². The standard InChI is InChI=1S/C13H13BrF3N3O/c1-8-12(14)11(20(2)19-8)7-18-9-3-5-10(6-4-9)21-13(15,16)17/h3-6,18H,7H2,1-2H3. The number of hydrogen-bond acceptors (Lipinski definition) is 3. The fourth-order valence-corrected chi connectivity index (χ4v) is 2.31. The van der Waals surface area contributed by atoms with Crippen LogP contribution in [0.3, 0.4) is 0 Å². The van der Waals surface area contributed by atoms with Gasteiger partial charge in [-0.05, 0) is 47.1 Å². The van der Waals surface area contributed by atoms with E-state index in [9.17, 15) is 13.2 Å². The van der Waals surface area contributed by atoms with Gasteiger partial charge in [-0.2, -0.15) is 5.10 Å². The molecule has 1 aromatic carbocycles. The van der Waals surface area contributed by atoms with Crippen molar-refractivity contribution in [2.24, 2.45) is 7.05 Å². The van der Waals surface area contributed by atoms with Gasteiger partial charge in [-0.25, -0.2) is 0 Å². The summed E-state index contributed by atoms with van der Waals surface area (Å²) in [5.74, 6) is -0.245. The highest BCUT2D eigenvalue weighted by molar-refractivity contribution is 9.10. The predicted octanol–water partition coefficient (Wildman–Crippen LogP) is 4.00. The summed E-state index contributed by atoms with van der Waals surface area (Å²) < 4.78 is 42.6. The molecule has 0 spiro atoms. The SMILES string of the molecule is Cc1nn(C)c(CNc2ccc(OC(F)(F)F)cc2)c1Br. The van der Waals surface area contributed by atoms with Crippen molar-refractivity contribution in [3.63, 3.8) is 0 Å². The van der Waals surface area contributed by atoms with Gasteiger partial charge >= 0.3 is 6.36 Å². The van der Waals surface area contributed by atoms with Gasteiger partial charge in [-0.15, -0.1) is 13.2 Å². The molecule has 0 amide bonds. The van der Waals surface area contributed by atoms with Crippen molar-refractivity contribution in [1.29, 1.82) is 0 Å². The zero-order chi connectivity index (χ0) is 15.6. The van der Waals surface area contributed by atoms with Crippen molar-refractivity contribution in [1.82, 2.24) is 9.78 Å². The van der Waals surface area contributed by atoms with E-state index in [2.05, 4.69) is 31.1 Å². The smallest absolute Gasteiger partial charge is 0.406 e. The van der Waals surface area contributed by atoms with Gasteiger partial charge in [0.15, 0.2) is 0 Å². The molecule has 0 saturated heterocycles. The molecule has 1 heterocycles. The molecule has 114 valence electrons. The third-order valence-electron chi connectivity index (χ3n) is 2.81. The summed E-state index contributed by atoms with van der Waals surface area (Å²) in [4.78, 5) is 0. The highest BCUT2D eigenvalue weighted by Crippen LogP contribution is 2.25. The molecule has 0 aliphatic rings. The minimum absolute atomic E-state index is 0.245. The molecule has 4 nitrogen and oxygen atoms in total. The number of benzene rings is 1. The van der Waals surface area contributed by atoms with Gasteiger partial charge in [0.25, 0.3) is 0 Å². The summed E-state index contributed by atoms with van der Waals surface area (Å²) in [6.07, 6.45) is -4.67. The van der Waals surface area contributed by atoms with Crippen LogP contribution in [-0.4, -0.2) is 16.1 Å². The molecule has 0 fully saturated rings. The first-order chi connectivity index (χ1) is 9.76. The third kappa shape index (κ3) is 4.13. The molecule has 0 aliphatic carbocycles. The minimum atomic E-state index is -4.67. The average molecular weight is 364 g/mol. The number of aryl methyl sites for hydroxylation is 2. The highest BCUT2D eigenvalue weighted by Gasteiger charge is 2.30. The molecular weight excluding hydrogens is 351 g/mol. The maximum atomic E-state index is 12.0. The Bertz CT molecular complexity index is 623. The van der Waals surface area contributed by atoms with E-state index in [1.807, 2.05) is 14.0 Å². The highest BCUT2D eigenvalue weighted by atomic mass is 79.9. The quantitative estimate of drug-likeness (QED) is 0.892. The monoisotopic (exact) mass is 363 g/mol. The number of rotatable bonds is 4. The van der Waals surface area contributed by atoms with Gasteiger partial charge in [0.05, 0.1) is 22.4 Å². The normalized spacial score (nSPS) is 11.5. The minimum Gasteiger partial charge on any atom is -0.406 e. The Balaban J connectivity index is 2.01. The number of ether oxygens (including phenoxy) is 1. The van der Waals surface area contributed by atoms with Crippen molar-refractivity contribution < 1.29 is 17.9 Å². The molecule has 8 heteroatoms. The molecule has 0 saturated carbocycles.